The van der Waals surface area contributed by atoms with E-state index in [-0.39, 0.29) is 5.78 Å². The molecule has 0 aliphatic rings. The second-order valence-electron chi connectivity index (χ2n) is 4.09. The van der Waals surface area contributed by atoms with Crippen LogP contribution in [0.3, 0.4) is 0 Å². The molecule has 0 aliphatic carbocycles. The van der Waals surface area contributed by atoms with Crippen LogP contribution in [0.4, 0.5) is 0 Å². The number of halogens is 2. The van der Waals surface area contributed by atoms with Crippen molar-refractivity contribution in [2.24, 2.45) is 0 Å². The largest absolute Gasteiger partial charge is 0.431 e. The minimum atomic E-state index is -0.563. The Kier molecular flexibility index (Phi) is 5.14. The van der Waals surface area contributed by atoms with Gasteiger partial charge in [0.2, 0.25) is 0 Å². The Morgan fingerprint density at radius 1 is 0.810 bits per heavy atom. The van der Waals surface area contributed by atoms with Crippen LogP contribution in [0.2, 0.25) is 10.0 Å². The van der Waals surface area contributed by atoms with Gasteiger partial charge < -0.3 is 4.74 Å². The molecule has 0 unspecified atom stereocenters. The number of ether oxygens (including phenoxy) is 1. The number of hydrogen-bond acceptors (Lipinski definition) is 3. The van der Waals surface area contributed by atoms with Crippen molar-refractivity contribution in [3.63, 3.8) is 0 Å². The highest BCUT2D eigenvalue weighted by molar-refractivity contribution is 6.31. The molecule has 0 aliphatic heterocycles. The van der Waals surface area contributed by atoms with Crippen LogP contribution < -0.4 is 0 Å². The number of rotatable bonds is 4. The van der Waals surface area contributed by atoms with Crippen molar-refractivity contribution in [2.45, 2.75) is 0 Å². The van der Waals surface area contributed by atoms with E-state index in [1.165, 1.54) is 6.08 Å². The standard InChI is InChI=1S/C16H10Cl2O3/c17-13-5-1-11(2-6-13)15(19)9-10-21-16(20)12-3-7-14(18)8-4-12/h1-10H/b10-9+. The maximum Gasteiger partial charge on any atom is 0.342 e. The Morgan fingerprint density at radius 3 is 1.81 bits per heavy atom. The Hall–Kier alpha value is -2.10. The van der Waals surface area contributed by atoms with Crippen molar-refractivity contribution >= 4 is 35.0 Å². The molecule has 106 valence electrons. The van der Waals surface area contributed by atoms with Gasteiger partial charge in [0.15, 0.2) is 5.78 Å². The van der Waals surface area contributed by atoms with Gasteiger partial charge in [0.05, 0.1) is 11.8 Å². The van der Waals surface area contributed by atoms with Crippen LogP contribution in [0, 0.1) is 0 Å². The summed E-state index contributed by atoms with van der Waals surface area (Å²) < 4.78 is 4.87. The molecule has 0 atom stereocenters. The highest BCUT2D eigenvalue weighted by Crippen LogP contribution is 2.12. The zero-order valence-corrected chi connectivity index (χ0v) is 12.3. The van der Waals surface area contributed by atoms with Crippen LogP contribution in [0.25, 0.3) is 0 Å². The number of allylic oxidation sites excluding steroid dienone is 1. The molecule has 0 spiro atoms. The van der Waals surface area contributed by atoms with Gasteiger partial charge in [-0.25, -0.2) is 4.79 Å². The van der Waals surface area contributed by atoms with Crippen molar-refractivity contribution in [3.05, 3.63) is 82.0 Å². The molecule has 0 bridgehead atoms. The molecule has 2 aromatic rings. The lowest BCUT2D eigenvalue weighted by atomic mass is 10.1. The van der Waals surface area contributed by atoms with E-state index in [1.807, 2.05) is 0 Å². The smallest absolute Gasteiger partial charge is 0.342 e. The van der Waals surface area contributed by atoms with Crippen LogP contribution in [-0.4, -0.2) is 11.8 Å². The molecule has 0 N–H and O–H groups in total. The van der Waals surface area contributed by atoms with Crippen molar-refractivity contribution in [1.29, 1.82) is 0 Å². The summed E-state index contributed by atoms with van der Waals surface area (Å²) in [5, 5.41) is 1.07. The van der Waals surface area contributed by atoms with E-state index in [0.29, 0.717) is 21.2 Å². The summed E-state index contributed by atoms with van der Waals surface area (Å²) in [5.41, 5.74) is 0.807. The van der Waals surface area contributed by atoms with E-state index in [4.69, 9.17) is 27.9 Å². The normalized spacial score (nSPS) is 10.6. The molecule has 2 rings (SSSR count). The van der Waals surface area contributed by atoms with Gasteiger partial charge >= 0.3 is 5.97 Å². The Labute approximate surface area is 131 Å². The molecular formula is C16H10Cl2O3. The molecule has 5 heteroatoms. The topological polar surface area (TPSA) is 43.4 Å². The molecule has 0 saturated heterocycles. The highest BCUT2D eigenvalue weighted by Gasteiger charge is 2.06. The van der Waals surface area contributed by atoms with Crippen LogP contribution in [0.15, 0.2) is 60.9 Å². The Morgan fingerprint density at radius 2 is 1.29 bits per heavy atom. The molecule has 0 saturated carbocycles. The summed E-state index contributed by atoms with van der Waals surface area (Å²) in [6, 6.07) is 12.7. The number of benzene rings is 2. The predicted molar refractivity (Wildman–Crippen MR) is 81.8 cm³/mol. The van der Waals surface area contributed by atoms with Gasteiger partial charge in [-0.1, -0.05) is 23.2 Å². The van der Waals surface area contributed by atoms with E-state index in [0.717, 1.165) is 6.26 Å². The van der Waals surface area contributed by atoms with Crippen LogP contribution >= 0.6 is 23.2 Å². The molecule has 0 fully saturated rings. The minimum Gasteiger partial charge on any atom is -0.431 e. The zero-order chi connectivity index (χ0) is 15.2. The fourth-order valence-electron chi connectivity index (χ4n) is 1.52. The lowest BCUT2D eigenvalue weighted by Crippen LogP contribution is -2.01. The monoisotopic (exact) mass is 320 g/mol. The molecule has 0 amide bonds. The fraction of sp³-hybridized carbons (Fsp3) is 0. The quantitative estimate of drug-likeness (QED) is 0.359. The van der Waals surface area contributed by atoms with E-state index >= 15 is 0 Å². The number of esters is 1. The highest BCUT2D eigenvalue weighted by atomic mass is 35.5. The van der Waals surface area contributed by atoms with Gasteiger partial charge in [-0.2, -0.15) is 0 Å². The second-order valence-corrected chi connectivity index (χ2v) is 4.96. The Balaban J connectivity index is 1.95. The lowest BCUT2D eigenvalue weighted by Gasteiger charge is -1.99. The molecule has 3 nitrogen and oxygen atoms in total. The number of hydrogen-bond donors (Lipinski definition) is 0. The van der Waals surface area contributed by atoms with Gasteiger partial charge in [0.25, 0.3) is 0 Å². The third-order valence-electron chi connectivity index (χ3n) is 2.60. The van der Waals surface area contributed by atoms with Gasteiger partial charge in [-0.15, -0.1) is 0 Å². The first-order chi connectivity index (χ1) is 10.1. The van der Waals surface area contributed by atoms with Gasteiger partial charge in [0, 0.05) is 21.7 Å². The van der Waals surface area contributed by atoms with Gasteiger partial charge in [-0.05, 0) is 48.5 Å². The summed E-state index contributed by atoms with van der Waals surface area (Å²) in [6.45, 7) is 0. The molecule has 2 aromatic carbocycles. The number of carbonyl (C=O) groups is 2. The summed E-state index contributed by atoms with van der Waals surface area (Å²) in [5.74, 6) is -0.845. The zero-order valence-electron chi connectivity index (χ0n) is 10.8. The first-order valence-electron chi connectivity index (χ1n) is 5.99. The third kappa shape index (κ3) is 4.45. The van der Waals surface area contributed by atoms with Crippen LogP contribution in [0.1, 0.15) is 20.7 Å². The van der Waals surface area contributed by atoms with Crippen molar-refractivity contribution in [2.75, 3.05) is 0 Å². The van der Waals surface area contributed by atoms with E-state index in [1.54, 1.807) is 48.5 Å². The summed E-state index contributed by atoms with van der Waals surface area (Å²) in [4.78, 5) is 23.5. The average Bonchev–Trinajstić information content (AvgIpc) is 2.48. The van der Waals surface area contributed by atoms with Crippen molar-refractivity contribution < 1.29 is 14.3 Å². The SMILES string of the molecule is O=C(/C=C/OC(=O)c1ccc(Cl)cc1)c1ccc(Cl)cc1. The maximum absolute atomic E-state index is 11.8. The molecule has 0 aromatic heterocycles. The minimum absolute atomic E-state index is 0.282. The first-order valence-corrected chi connectivity index (χ1v) is 6.75. The van der Waals surface area contributed by atoms with Gasteiger partial charge in [-0.3, -0.25) is 4.79 Å². The third-order valence-corrected chi connectivity index (χ3v) is 3.11. The van der Waals surface area contributed by atoms with Gasteiger partial charge in [0.1, 0.15) is 0 Å². The summed E-state index contributed by atoms with van der Waals surface area (Å²) in [7, 11) is 0. The fourth-order valence-corrected chi connectivity index (χ4v) is 1.77. The van der Waals surface area contributed by atoms with Crippen LogP contribution in [-0.2, 0) is 4.74 Å². The van der Waals surface area contributed by atoms with Crippen molar-refractivity contribution in [3.8, 4) is 0 Å². The predicted octanol–water partition coefficient (Wildman–Crippen LogP) is 4.55. The van der Waals surface area contributed by atoms with E-state index < -0.39 is 5.97 Å². The van der Waals surface area contributed by atoms with E-state index in [9.17, 15) is 9.59 Å². The average molecular weight is 321 g/mol. The lowest BCUT2D eigenvalue weighted by molar-refractivity contribution is 0.0662. The van der Waals surface area contributed by atoms with Crippen molar-refractivity contribution in [1.82, 2.24) is 0 Å². The van der Waals surface area contributed by atoms with Crippen LogP contribution in [0.5, 0.6) is 0 Å². The number of ketones is 1. The molecule has 21 heavy (non-hydrogen) atoms. The Bertz CT molecular complexity index is 674. The second kappa shape index (κ2) is 7.07. The molecular weight excluding hydrogens is 311 g/mol. The summed E-state index contributed by atoms with van der Waals surface area (Å²) >= 11 is 11.5. The maximum atomic E-state index is 11.8. The van der Waals surface area contributed by atoms with E-state index in [2.05, 4.69) is 0 Å². The molecule has 0 radical (unpaired) electrons. The summed E-state index contributed by atoms with van der Waals surface area (Å²) in [6.07, 6.45) is 2.24. The molecule has 0 heterocycles. The first kappa shape index (κ1) is 15.3. The number of carbonyl (C=O) groups excluding carboxylic acids is 2.